The van der Waals surface area contributed by atoms with E-state index in [0.29, 0.717) is 48.5 Å². The molecule has 3 rings (SSSR count). The Morgan fingerprint density at radius 1 is 1.09 bits per heavy atom. The van der Waals surface area contributed by atoms with Crippen molar-refractivity contribution < 1.29 is 24.2 Å². The molecule has 3 saturated carbocycles. The standard InChI is InChI=1S/C28H44O5/c1-17(2)18(3)7-8-19(4)22-9-10-23-21(24(30)12-13-27(22,23)5)16-26(32)33-28(6)14-11-20(29)15-25(28)31/h16-20,22-23,29H,7-15H2,1-6H3/b21-16-/t18-,19-,20+,22-,23+,27-,28-/m1/s1. The molecule has 0 spiro atoms. The maximum atomic E-state index is 12.9. The highest BCUT2D eigenvalue weighted by Crippen LogP contribution is 2.59. The number of carbonyl (C=O) groups excluding carboxylic acids is 3. The van der Waals surface area contributed by atoms with Gasteiger partial charge in [-0.15, -0.1) is 0 Å². The highest BCUT2D eigenvalue weighted by molar-refractivity contribution is 6.02. The molecule has 33 heavy (non-hydrogen) atoms. The number of fused-ring (bicyclic) bond motifs is 1. The van der Waals surface area contributed by atoms with Crippen molar-refractivity contribution in [2.45, 2.75) is 111 Å². The van der Waals surface area contributed by atoms with E-state index in [9.17, 15) is 19.5 Å². The summed E-state index contributed by atoms with van der Waals surface area (Å²) in [5, 5.41) is 9.72. The first-order chi connectivity index (χ1) is 15.4. The van der Waals surface area contributed by atoms with Crippen molar-refractivity contribution in [3.63, 3.8) is 0 Å². The number of aliphatic hydroxyl groups excluding tert-OH is 1. The van der Waals surface area contributed by atoms with E-state index in [-0.39, 0.29) is 29.3 Å². The first kappa shape index (κ1) is 26.1. The van der Waals surface area contributed by atoms with Gasteiger partial charge in [-0.1, -0.05) is 47.5 Å². The molecule has 3 aliphatic rings. The number of carbonyl (C=O) groups is 3. The molecule has 0 radical (unpaired) electrons. The Morgan fingerprint density at radius 2 is 1.79 bits per heavy atom. The van der Waals surface area contributed by atoms with Crippen molar-refractivity contribution in [3.05, 3.63) is 11.6 Å². The van der Waals surface area contributed by atoms with Crippen LogP contribution in [0.5, 0.6) is 0 Å². The molecule has 7 atom stereocenters. The fourth-order valence-corrected chi connectivity index (χ4v) is 6.63. The number of allylic oxidation sites excluding steroid dienone is 1. The third kappa shape index (κ3) is 5.44. The van der Waals surface area contributed by atoms with E-state index in [0.717, 1.165) is 19.3 Å². The van der Waals surface area contributed by atoms with E-state index >= 15 is 0 Å². The molecule has 0 aromatic heterocycles. The van der Waals surface area contributed by atoms with Crippen LogP contribution in [0.4, 0.5) is 0 Å². The Kier molecular flexibility index (Phi) is 7.93. The predicted octanol–water partition coefficient (Wildman–Crippen LogP) is 5.43. The molecule has 3 fully saturated rings. The molecule has 1 N–H and O–H groups in total. The number of esters is 1. The summed E-state index contributed by atoms with van der Waals surface area (Å²) in [5.41, 5.74) is -0.588. The molecule has 0 unspecified atom stereocenters. The van der Waals surface area contributed by atoms with Crippen LogP contribution >= 0.6 is 0 Å². The summed E-state index contributed by atoms with van der Waals surface area (Å²) < 4.78 is 5.61. The molecule has 0 aromatic rings. The van der Waals surface area contributed by atoms with Crippen LogP contribution in [0.3, 0.4) is 0 Å². The van der Waals surface area contributed by atoms with Gasteiger partial charge in [-0.2, -0.15) is 0 Å². The summed E-state index contributed by atoms with van der Waals surface area (Å²) >= 11 is 0. The Hall–Kier alpha value is -1.49. The van der Waals surface area contributed by atoms with Gasteiger partial charge < -0.3 is 9.84 Å². The molecule has 0 bridgehead atoms. The molecule has 5 heteroatoms. The average molecular weight is 461 g/mol. The van der Waals surface area contributed by atoms with Crippen LogP contribution in [0.2, 0.25) is 0 Å². The minimum absolute atomic E-state index is 0.00890. The van der Waals surface area contributed by atoms with Crippen molar-refractivity contribution in [3.8, 4) is 0 Å². The van der Waals surface area contributed by atoms with Gasteiger partial charge in [-0.3, -0.25) is 9.59 Å². The van der Waals surface area contributed by atoms with Crippen molar-refractivity contribution >= 4 is 17.5 Å². The van der Waals surface area contributed by atoms with Gasteiger partial charge in [0.2, 0.25) is 0 Å². The maximum Gasteiger partial charge on any atom is 0.332 e. The molecule has 186 valence electrons. The summed E-state index contributed by atoms with van der Waals surface area (Å²) in [5.74, 6) is 1.82. The number of Topliss-reactive ketones (excluding diaryl/α,β-unsaturated/α-hetero) is 2. The summed E-state index contributed by atoms with van der Waals surface area (Å²) in [6.07, 6.45) is 7.28. The van der Waals surface area contributed by atoms with Gasteiger partial charge in [0.15, 0.2) is 17.2 Å². The normalized spacial score (nSPS) is 37.8. The zero-order chi connectivity index (χ0) is 24.6. The van der Waals surface area contributed by atoms with E-state index in [4.69, 9.17) is 4.74 Å². The minimum Gasteiger partial charge on any atom is -0.448 e. The van der Waals surface area contributed by atoms with Gasteiger partial charge >= 0.3 is 5.97 Å². The first-order valence-electron chi connectivity index (χ1n) is 13.1. The molecule has 0 saturated heterocycles. The Labute approximate surface area is 199 Å². The fourth-order valence-electron chi connectivity index (χ4n) is 6.63. The number of hydrogen-bond acceptors (Lipinski definition) is 5. The topological polar surface area (TPSA) is 80.7 Å². The van der Waals surface area contributed by atoms with Crippen molar-refractivity contribution in [2.24, 2.45) is 35.0 Å². The second-order valence-electron chi connectivity index (χ2n) is 12.0. The summed E-state index contributed by atoms with van der Waals surface area (Å²) in [6, 6.07) is 0. The molecule has 0 amide bonds. The zero-order valence-electron chi connectivity index (χ0n) is 21.5. The third-order valence-corrected chi connectivity index (χ3v) is 9.46. The van der Waals surface area contributed by atoms with E-state index < -0.39 is 17.7 Å². The lowest BCUT2D eigenvalue weighted by molar-refractivity contribution is -0.167. The fraction of sp³-hybridized carbons (Fsp3) is 0.821. The summed E-state index contributed by atoms with van der Waals surface area (Å²) in [4.78, 5) is 38.1. The summed E-state index contributed by atoms with van der Waals surface area (Å²) in [7, 11) is 0. The lowest BCUT2D eigenvalue weighted by atomic mass is 9.60. The quantitative estimate of drug-likeness (QED) is 0.405. The van der Waals surface area contributed by atoms with Gasteiger partial charge in [-0.05, 0) is 74.0 Å². The molecule has 0 heterocycles. The van der Waals surface area contributed by atoms with Crippen LogP contribution in [0.15, 0.2) is 11.6 Å². The van der Waals surface area contributed by atoms with Crippen molar-refractivity contribution in [1.29, 1.82) is 0 Å². The van der Waals surface area contributed by atoms with Crippen LogP contribution in [0, 0.1) is 35.0 Å². The van der Waals surface area contributed by atoms with Gasteiger partial charge in [-0.25, -0.2) is 4.79 Å². The number of hydrogen-bond donors (Lipinski definition) is 1. The molecule has 5 nitrogen and oxygen atoms in total. The van der Waals surface area contributed by atoms with E-state index in [2.05, 4.69) is 34.6 Å². The van der Waals surface area contributed by atoms with Gasteiger partial charge in [0, 0.05) is 24.5 Å². The Balaban J connectivity index is 1.72. The minimum atomic E-state index is -1.21. The van der Waals surface area contributed by atoms with E-state index in [1.54, 1.807) is 6.92 Å². The number of ketones is 2. The van der Waals surface area contributed by atoms with E-state index in [1.165, 1.54) is 18.9 Å². The molecule has 0 aromatic carbocycles. The van der Waals surface area contributed by atoms with Crippen LogP contribution in [0.1, 0.15) is 99.3 Å². The van der Waals surface area contributed by atoms with Crippen LogP contribution < -0.4 is 0 Å². The smallest absolute Gasteiger partial charge is 0.332 e. The van der Waals surface area contributed by atoms with Crippen LogP contribution in [-0.4, -0.2) is 34.3 Å². The lowest BCUT2D eigenvalue weighted by Gasteiger charge is -2.44. The van der Waals surface area contributed by atoms with Crippen LogP contribution in [-0.2, 0) is 19.1 Å². The SMILES string of the molecule is CC(C)[C@H](C)CC[C@@H](C)[C@H]1CC[C@H]2/C(=C/C(=O)O[C@]3(C)CC[C@H](O)CC3=O)C(=O)CC[C@]12C. The van der Waals surface area contributed by atoms with E-state index in [1.807, 2.05) is 0 Å². The molecular formula is C28H44O5. The Bertz CT molecular complexity index is 798. The van der Waals surface area contributed by atoms with Gasteiger partial charge in [0.1, 0.15) is 0 Å². The third-order valence-electron chi connectivity index (χ3n) is 9.46. The predicted molar refractivity (Wildman–Crippen MR) is 128 cm³/mol. The monoisotopic (exact) mass is 460 g/mol. The summed E-state index contributed by atoms with van der Waals surface area (Å²) in [6.45, 7) is 13.2. The second-order valence-corrected chi connectivity index (χ2v) is 12.0. The lowest BCUT2D eigenvalue weighted by Crippen LogP contribution is -2.46. The average Bonchev–Trinajstić information content (AvgIpc) is 3.09. The number of aliphatic hydroxyl groups is 1. The highest BCUT2D eigenvalue weighted by Gasteiger charge is 2.53. The number of ether oxygens (including phenoxy) is 1. The van der Waals surface area contributed by atoms with Crippen molar-refractivity contribution in [2.75, 3.05) is 0 Å². The zero-order valence-corrected chi connectivity index (χ0v) is 21.5. The molecule has 3 aliphatic carbocycles. The van der Waals surface area contributed by atoms with Crippen molar-refractivity contribution in [1.82, 2.24) is 0 Å². The van der Waals surface area contributed by atoms with Crippen LogP contribution in [0.25, 0.3) is 0 Å². The van der Waals surface area contributed by atoms with Gasteiger partial charge in [0.05, 0.1) is 6.10 Å². The van der Waals surface area contributed by atoms with Gasteiger partial charge in [0.25, 0.3) is 0 Å². The highest BCUT2D eigenvalue weighted by atomic mass is 16.6. The molecule has 0 aliphatic heterocycles. The number of rotatable bonds is 7. The largest absolute Gasteiger partial charge is 0.448 e. The Morgan fingerprint density at radius 3 is 2.42 bits per heavy atom. The second kappa shape index (κ2) is 10.0. The maximum absolute atomic E-state index is 12.9. The molecular weight excluding hydrogens is 416 g/mol. The first-order valence-corrected chi connectivity index (χ1v) is 13.1.